The van der Waals surface area contributed by atoms with Crippen LogP contribution in [-0.4, -0.2) is 29.6 Å². The van der Waals surface area contributed by atoms with Crippen molar-refractivity contribution < 1.29 is 24.2 Å². The van der Waals surface area contributed by atoms with Gasteiger partial charge in [0.2, 0.25) is 0 Å². The number of esters is 1. The van der Waals surface area contributed by atoms with Crippen molar-refractivity contribution in [2.24, 2.45) is 5.73 Å². The molecular weight excluding hydrogens is 142 g/mol. The van der Waals surface area contributed by atoms with Gasteiger partial charge in [-0.2, -0.15) is 0 Å². The third-order valence-corrected chi connectivity index (χ3v) is 0.520. The molecular formula is C4H5NO5. The lowest BCUT2D eigenvalue weighted by molar-refractivity contribution is -0.164. The zero-order chi connectivity index (χ0) is 8.15. The quantitative estimate of drug-likeness (QED) is 0.350. The molecule has 6 nitrogen and oxygen atoms in total. The van der Waals surface area contributed by atoms with E-state index in [1.807, 2.05) is 0 Å². The number of carbonyl (C=O) groups is 3. The number of hydrogen-bond donors (Lipinski definition) is 2. The minimum absolute atomic E-state index is 0.703. The van der Waals surface area contributed by atoms with Gasteiger partial charge in [0.05, 0.1) is 0 Å². The van der Waals surface area contributed by atoms with Gasteiger partial charge < -0.3 is 15.6 Å². The van der Waals surface area contributed by atoms with E-state index in [0.717, 1.165) is 0 Å². The maximum absolute atomic E-state index is 10.0. The molecule has 6 heteroatoms. The number of amides is 1. The molecule has 10 heavy (non-hydrogen) atoms. The van der Waals surface area contributed by atoms with Crippen molar-refractivity contribution in [1.82, 2.24) is 0 Å². The van der Waals surface area contributed by atoms with Gasteiger partial charge in [-0.05, 0) is 0 Å². The van der Waals surface area contributed by atoms with Crippen LogP contribution in [0.25, 0.3) is 0 Å². The Bertz CT molecular complexity index is 174. The van der Waals surface area contributed by atoms with Gasteiger partial charge in [0.25, 0.3) is 5.91 Å². The molecule has 0 radical (unpaired) electrons. The maximum Gasteiger partial charge on any atom is 0.417 e. The van der Waals surface area contributed by atoms with E-state index in [2.05, 4.69) is 10.5 Å². The van der Waals surface area contributed by atoms with E-state index in [0.29, 0.717) is 0 Å². The Kier molecular flexibility index (Phi) is 2.89. The summed E-state index contributed by atoms with van der Waals surface area (Å²) in [6, 6.07) is 0. The molecule has 0 fully saturated rings. The highest BCUT2D eigenvalue weighted by Gasteiger charge is 2.12. The van der Waals surface area contributed by atoms with Crippen molar-refractivity contribution >= 4 is 17.8 Å². The number of nitrogens with two attached hydrogens (primary N) is 1. The van der Waals surface area contributed by atoms with E-state index in [4.69, 9.17) is 5.11 Å². The van der Waals surface area contributed by atoms with Crippen LogP contribution in [0.15, 0.2) is 0 Å². The van der Waals surface area contributed by atoms with Crippen molar-refractivity contribution in [2.45, 2.75) is 0 Å². The summed E-state index contributed by atoms with van der Waals surface area (Å²) in [5.74, 6) is -4.13. The fourth-order valence-corrected chi connectivity index (χ4v) is 0.198. The zero-order valence-corrected chi connectivity index (χ0v) is 4.86. The normalized spacial score (nSPS) is 8.40. The number of aliphatic carboxylic acids is 1. The Morgan fingerprint density at radius 1 is 1.40 bits per heavy atom. The SMILES string of the molecule is NC(=O)COC(=O)C(=O)O. The molecule has 0 aromatic carbocycles. The number of carbonyl (C=O) groups excluding carboxylic acids is 2. The Balaban J connectivity index is 3.60. The maximum atomic E-state index is 10.0. The van der Waals surface area contributed by atoms with Gasteiger partial charge in [-0.3, -0.25) is 4.79 Å². The van der Waals surface area contributed by atoms with Crippen LogP contribution in [0.2, 0.25) is 0 Å². The average Bonchev–Trinajstić information content (AvgIpc) is 1.82. The number of carboxylic acid groups (broad SMARTS) is 1. The third-order valence-electron chi connectivity index (χ3n) is 0.520. The molecule has 0 spiro atoms. The number of ether oxygens (including phenoxy) is 1. The van der Waals surface area contributed by atoms with Crippen molar-refractivity contribution in [3.63, 3.8) is 0 Å². The number of carboxylic acids is 1. The minimum atomic E-state index is -1.75. The van der Waals surface area contributed by atoms with Gasteiger partial charge in [-0.15, -0.1) is 0 Å². The van der Waals surface area contributed by atoms with Crippen LogP contribution in [-0.2, 0) is 19.1 Å². The molecule has 0 aliphatic heterocycles. The highest BCUT2D eigenvalue weighted by molar-refractivity contribution is 6.28. The molecule has 1 amide bonds. The first-order valence-corrected chi connectivity index (χ1v) is 2.22. The summed E-state index contributed by atoms with van der Waals surface area (Å²) in [5.41, 5.74) is 4.53. The summed E-state index contributed by atoms with van der Waals surface area (Å²) < 4.78 is 3.85. The van der Waals surface area contributed by atoms with Crippen LogP contribution in [0, 0.1) is 0 Å². The molecule has 0 aromatic rings. The molecule has 0 saturated heterocycles. The Morgan fingerprint density at radius 3 is 2.20 bits per heavy atom. The molecule has 0 aromatic heterocycles. The Morgan fingerprint density at radius 2 is 1.90 bits per heavy atom. The van der Waals surface area contributed by atoms with Crippen LogP contribution < -0.4 is 5.73 Å². The zero-order valence-electron chi connectivity index (χ0n) is 4.86. The van der Waals surface area contributed by atoms with Crippen LogP contribution in [0.3, 0.4) is 0 Å². The molecule has 0 bridgehead atoms. The second-order valence-electron chi connectivity index (χ2n) is 1.35. The molecule has 0 heterocycles. The van der Waals surface area contributed by atoms with E-state index in [1.54, 1.807) is 0 Å². The van der Waals surface area contributed by atoms with Gasteiger partial charge in [-0.1, -0.05) is 0 Å². The molecule has 3 N–H and O–H groups in total. The van der Waals surface area contributed by atoms with E-state index >= 15 is 0 Å². The number of rotatable bonds is 2. The highest BCUT2D eigenvalue weighted by atomic mass is 16.6. The van der Waals surface area contributed by atoms with Gasteiger partial charge >= 0.3 is 11.9 Å². The highest BCUT2D eigenvalue weighted by Crippen LogP contribution is 1.76. The second kappa shape index (κ2) is 3.44. The van der Waals surface area contributed by atoms with E-state index in [1.165, 1.54) is 0 Å². The van der Waals surface area contributed by atoms with Gasteiger partial charge in [0.15, 0.2) is 6.61 Å². The van der Waals surface area contributed by atoms with Crippen molar-refractivity contribution in [3.05, 3.63) is 0 Å². The monoisotopic (exact) mass is 147 g/mol. The lowest BCUT2D eigenvalue weighted by Crippen LogP contribution is -2.24. The minimum Gasteiger partial charge on any atom is -0.473 e. The summed E-state index contributed by atoms with van der Waals surface area (Å²) in [4.78, 5) is 29.6. The van der Waals surface area contributed by atoms with Gasteiger partial charge in [0, 0.05) is 0 Å². The predicted octanol–water partition coefficient (Wildman–Crippen LogP) is -1.90. The second-order valence-corrected chi connectivity index (χ2v) is 1.35. The van der Waals surface area contributed by atoms with E-state index < -0.39 is 24.5 Å². The van der Waals surface area contributed by atoms with Crippen molar-refractivity contribution in [1.29, 1.82) is 0 Å². The standard InChI is InChI=1S/C4H5NO5/c5-2(6)1-10-4(9)3(7)8/h1H2,(H2,5,6)(H,7,8). The number of primary amides is 1. The predicted molar refractivity (Wildman–Crippen MR) is 27.8 cm³/mol. The molecule has 0 atom stereocenters. The molecule has 56 valence electrons. The Labute approximate surface area is 55.6 Å². The summed E-state index contributed by atoms with van der Waals surface area (Å²) in [6.07, 6.45) is 0. The largest absolute Gasteiger partial charge is 0.473 e. The summed E-state index contributed by atoms with van der Waals surface area (Å²) in [5, 5.41) is 7.87. The fourth-order valence-electron chi connectivity index (χ4n) is 0.198. The first-order chi connectivity index (χ1) is 4.54. The van der Waals surface area contributed by atoms with Crippen LogP contribution in [0.5, 0.6) is 0 Å². The van der Waals surface area contributed by atoms with Crippen LogP contribution in [0.1, 0.15) is 0 Å². The molecule has 0 saturated carbocycles. The van der Waals surface area contributed by atoms with E-state index in [9.17, 15) is 14.4 Å². The molecule has 0 aliphatic carbocycles. The van der Waals surface area contributed by atoms with Crippen LogP contribution in [0.4, 0.5) is 0 Å². The molecule has 0 aliphatic rings. The van der Waals surface area contributed by atoms with Crippen molar-refractivity contribution in [3.8, 4) is 0 Å². The van der Waals surface area contributed by atoms with Crippen molar-refractivity contribution in [2.75, 3.05) is 6.61 Å². The number of hydrogen-bond acceptors (Lipinski definition) is 4. The smallest absolute Gasteiger partial charge is 0.417 e. The summed E-state index contributed by atoms with van der Waals surface area (Å²) in [7, 11) is 0. The van der Waals surface area contributed by atoms with Gasteiger partial charge in [0.1, 0.15) is 0 Å². The summed E-state index contributed by atoms with van der Waals surface area (Å²) >= 11 is 0. The first kappa shape index (κ1) is 8.41. The Hall–Kier alpha value is -1.59. The van der Waals surface area contributed by atoms with E-state index in [-0.39, 0.29) is 0 Å². The topological polar surface area (TPSA) is 107 Å². The third kappa shape index (κ3) is 3.42. The van der Waals surface area contributed by atoms with Crippen LogP contribution >= 0.6 is 0 Å². The molecule has 0 unspecified atom stereocenters. The first-order valence-electron chi connectivity index (χ1n) is 2.22. The lowest BCUT2D eigenvalue weighted by Gasteiger charge is -1.94. The summed E-state index contributed by atoms with van der Waals surface area (Å²) in [6.45, 7) is -0.703. The lowest BCUT2D eigenvalue weighted by atomic mass is 10.6. The average molecular weight is 147 g/mol. The molecule has 0 rings (SSSR count). The fraction of sp³-hybridized carbons (Fsp3) is 0.250. The van der Waals surface area contributed by atoms with Gasteiger partial charge in [-0.25, -0.2) is 9.59 Å².